The summed E-state index contributed by atoms with van der Waals surface area (Å²) in [5.41, 5.74) is 1.21. The highest BCUT2D eigenvalue weighted by molar-refractivity contribution is 5.78. The molecule has 1 aromatic carbocycles. The van der Waals surface area contributed by atoms with E-state index >= 15 is 0 Å². The van der Waals surface area contributed by atoms with Crippen LogP contribution in [0, 0.1) is 0 Å². The lowest BCUT2D eigenvalue weighted by molar-refractivity contribution is -0.123. The summed E-state index contributed by atoms with van der Waals surface area (Å²) in [6, 6.07) is 10.4. The molecular weight excluding hydrogens is 240 g/mol. The minimum atomic E-state index is 0.0230. The monoisotopic (exact) mass is 264 g/mol. The summed E-state index contributed by atoms with van der Waals surface area (Å²) in [4.78, 5) is 13.9. The average Bonchev–Trinajstić information content (AvgIpc) is 2.38. The topological polar surface area (TPSA) is 41.6 Å². The van der Waals surface area contributed by atoms with Crippen molar-refractivity contribution in [3.05, 3.63) is 35.9 Å². The zero-order valence-electron chi connectivity index (χ0n) is 12.2. The number of hydrogen-bond acceptors (Lipinski definition) is 3. The van der Waals surface area contributed by atoms with Gasteiger partial charge in [0.2, 0.25) is 5.91 Å². The molecule has 0 aliphatic carbocycles. The number of hydrogen-bond donors (Lipinski definition) is 1. The van der Waals surface area contributed by atoms with Crippen molar-refractivity contribution >= 4 is 5.91 Å². The Morgan fingerprint density at radius 2 is 1.95 bits per heavy atom. The van der Waals surface area contributed by atoms with Crippen molar-refractivity contribution in [1.29, 1.82) is 0 Å². The van der Waals surface area contributed by atoms with Crippen LogP contribution in [0.15, 0.2) is 30.3 Å². The second kappa shape index (κ2) is 7.92. The fraction of sp³-hybridized carbons (Fsp3) is 0.533. The summed E-state index contributed by atoms with van der Waals surface area (Å²) in [7, 11) is 3.59. The Balaban J connectivity index is 2.46. The highest BCUT2D eigenvalue weighted by atomic mass is 16.5. The van der Waals surface area contributed by atoms with Crippen molar-refractivity contribution in [2.75, 3.05) is 27.3 Å². The number of likely N-dealkylation sites (N-methyl/N-ethyl adjacent to an activating group) is 1. The first-order valence-electron chi connectivity index (χ1n) is 6.58. The lowest BCUT2D eigenvalue weighted by Crippen LogP contribution is -2.42. The Labute approximate surface area is 115 Å². The maximum absolute atomic E-state index is 11.9. The second-order valence-corrected chi connectivity index (χ2v) is 4.93. The predicted octanol–water partition coefficient (Wildman–Crippen LogP) is 1.83. The van der Waals surface area contributed by atoms with Gasteiger partial charge >= 0.3 is 0 Å². The Bertz CT molecular complexity index is 381. The number of ether oxygens (including phenoxy) is 1. The van der Waals surface area contributed by atoms with Crippen molar-refractivity contribution < 1.29 is 9.53 Å². The van der Waals surface area contributed by atoms with E-state index in [0.717, 1.165) is 0 Å². The normalized spacial score (nSPS) is 14.2. The molecule has 0 aliphatic rings. The van der Waals surface area contributed by atoms with Gasteiger partial charge in [-0.1, -0.05) is 30.3 Å². The van der Waals surface area contributed by atoms with E-state index in [1.165, 1.54) is 5.56 Å². The Hall–Kier alpha value is -1.39. The number of benzene rings is 1. The van der Waals surface area contributed by atoms with E-state index in [-0.39, 0.29) is 18.0 Å². The van der Waals surface area contributed by atoms with E-state index in [2.05, 4.69) is 24.4 Å². The molecule has 1 rings (SSSR count). The molecule has 0 aromatic heterocycles. The summed E-state index contributed by atoms with van der Waals surface area (Å²) in [5, 5.41) is 2.91. The van der Waals surface area contributed by atoms with E-state index in [0.29, 0.717) is 13.2 Å². The zero-order chi connectivity index (χ0) is 14.3. The largest absolute Gasteiger partial charge is 0.383 e. The molecule has 1 amide bonds. The van der Waals surface area contributed by atoms with E-state index < -0.39 is 0 Å². The van der Waals surface area contributed by atoms with Crippen LogP contribution in [-0.4, -0.2) is 44.2 Å². The fourth-order valence-corrected chi connectivity index (χ4v) is 1.96. The molecule has 0 spiro atoms. The van der Waals surface area contributed by atoms with Crippen LogP contribution in [0.2, 0.25) is 0 Å². The smallest absolute Gasteiger partial charge is 0.234 e. The Kier molecular flexibility index (Phi) is 6.53. The molecule has 0 radical (unpaired) electrons. The van der Waals surface area contributed by atoms with Gasteiger partial charge in [-0.05, 0) is 26.5 Å². The summed E-state index contributed by atoms with van der Waals surface area (Å²) < 4.78 is 5.00. The molecule has 1 aromatic rings. The molecule has 106 valence electrons. The van der Waals surface area contributed by atoms with Gasteiger partial charge in [0.1, 0.15) is 0 Å². The molecule has 0 aliphatic heterocycles. The fourth-order valence-electron chi connectivity index (χ4n) is 1.96. The quantitative estimate of drug-likeness (QED) is 0.817. The molecule has 0 fully saturated rings. The standard InChI is InChI=1S/C15H24N2O2/c1-12(11-19-4)16-15(18)10-17(3)13(2)14-8-6-5-7-9-14/h5-9,12-13H,10-11H2,1-4H3,(H,16,18)/t12-,13+/m0/s1. The van der Waals surface area contributed by atoms with Gasteiger partial charge in [0, 0.05) is 19.2 Å². The first kappa shape index (κ1) is 15.7. The molecule has 0 saturated heterocycles. The summed E-state index contributed by atoms with van der Waals surface area (Å²) in [6.45, 7) is 4.94. The van der Waals surface area contributed by atoms with Crippen LogP contribution in [0.25, 0.3) is 0 Å². The average molecular weight is 264 g/mol. The van der Waals surface area contributed by atoms with Gasteiger partial charge in [-0.3, -0.25) is 9.69 Å². The van der Waals surface area contributed by atoms with E-state index in [4.69, 9.17) is 4.74 Å². The first-order chi connectivity index (χ1) is 9.04. The number of amides is 1. The van der Waals surface area contributed by atoms with Crippen molar-refractivity contribution in [3.63, 3.8) is 0 Å². The van der Waals surface area contributed by atoms with Crippen molar-refractivity contribution in [3.8, 4) is 0 Å². The van der Waals surface area contributed by atoms with Crippen LogP contribution < -0.4 is 5.32 Å². The maximum Gasteiger partial charge on any atom is 0.234 e. The minimum Gasteiger partial charge on any atom is -0.383 e. The molecule has 0 unspecified atom stereocenters. The van der Waals surface area contributed by atoms with E-state index in [9.17, 15) is 4.79 Å². The minimum absolute atomic E-state index is 0.0230. The highest BCUT2D eigenvalue weighted by Gasteiger charge is 2.15. The van der Waals surface area contributed by atoms with Gasteiger partial charge in [0.15, 0.2) is 0 Å². The number of methoxy groups -OCH3 is 1. The van der Waals surface area contributed by atoms with Gasteiger partial charge in [-0.2, -0.15) is 0 Å². The second-order valence-electron chi connectivity index (χ2n) is 4.93. The van der Waals surface area contributed by atoms with Crippen LogP contribution in [0.5, 0.6) is 0 Å². The zero-order valence-corrected chi connectivity index (χ0v) is 12.2. The molecule has 1 N–H and O–H groups in total. The van der Waals surface area contributed by atoms with Gasteiger partial charge < -0.3 is 10.1 Å². The van der Waals surface area contributed by atoms with Crippen LogP contribution in [0.4, 0.5) is 0 Å². The molecule has 0 saturated carbocycles. The number of nitrogens with one attached hydrogen (secondary N) is 1. The Morgan fingerprint density at radius 3 is 2.53 bits per heavy atom. The lowest BCUT2D eigenvalue weighted by atomic mass is 10.1. The molecule has 2 atom stereocenters. The predicted molar refractivity (Wildman–Crippen MR) is 77.0 cm³/mol. The lowest BCUT2D eigenvalue weighted by Gasteiger charge is -2.25. The number of carbonyl (C=O) groups is 1. The molecule has 0 bridgehead atoms. The van der Waals surface area contributed by atoms with Gasteiger partial charge in [-0.15, -0.1) is 0 Å². The summed E-state index contributed by atoms with van der Waals surface area (Å²) >= 11 is 0. The summed E-state index contributed by atoms with van der Waals surface area (Å²) in [5.74, 6) is 0.0230. The molecule has 19 heavy (non-hydrogen) atoms. The third kappa shape index (κ3) is 5.41. The number of nitrogens with zero attached hydrogens (tertiary/aromatic N) is 1. The SMILES string of the molecule is COC[C@H](C)NC(=O)CN(C)[C@H](C)c1ccccc1. The molecule has 4 heteroatoms. The van der Waals surface area contributed by atoms with E-state index in [1.807, 2.05) is 37.1 Å². The van der Waals surface area contributed by atoms with Crippen molar-refractivity contribution in [2.24, 2.45) is 0 Å². The Morgan fingerprint density at radius 1 is 1.32 bits per heavy atom. The third-order valence-corrected chi connectivity index (χ3v) is 3.16. The van der Waals surface area contributed by atoms with Crippen LogP contribution >= 0.6 is 0 Å². The van der Waals surface area contributed by atoms with E-state index in [1.54, 1.807) is 7.11 Å². The molecular formula is C15H24N2O2. The summed E-state index contributed by atoms with van der Waals surface area (Å²) in [6.07, 6.45) is 0. The van der Waals surface area contributed by atoms with Crippen LogP contribution in [0.3, 0.4) is 0 Å². The van der Waals surface area contributed by atoms with Crippen molar-refractivity contribution in [2.45, 2.75) is 25.9 Å². The van der Waals surface area contributed by atoms with Crippen LogP contribution in [0.1, 0.15) is 25.5 Å². The van der Waals surface area contributed by atoms with Crippen LogP contribution in [-0.2, 0) is 9.53 Å². The maximum atomic E-state index is 11.9. The first-order valence-corrected chi connectivity index (χ1v) is 6.58. The number of carbonyl (C=O) groups excluding carboxylic acids is 1. The highest BCUT2D eigenvalue weighted by Crippen LogP contribution is 2.17. The third-order valence-electron chi connectivity index (χ3n) is 3.16. The number of rotatable bonds is 7. The van der Waals surface area contributed by atoms with Gasteiger partial charge in [-0.25, -0.2) is 0 Å². The van der Waals surface area contributed by atoms with Gasteiger partial charge in [0.05, 0.1) is 13.2 Å². The molecule has 4 nitrogen and oxygen atoms in total. The van der Waals surface area contributed by atoms with Crippen molar-refractivity contribution in [1.82, 2.24) is 10.2 Å². The van der Waals surface area contributed by atoms with Gasteiger partial charge in [0.25, 0.3) is 0 Å². The molecule has 0 heterocycles.